The first-order chi connectivity index (χ1) is 25.2. The van der Waals surface area contributed by atoms with Crippen LogP contribution in [0.4, 0.5) is 11.4 Å². The average molecular weight is 845 g/mol. The molecule has 2 aliphatic rings. The van der Waals surface area contributed by atoms with Gasteiger partial charge in [0.2, 0.25) is 5.52 Å². The van der Waals surface area contributed by atoms with Crippen LogP contribution < -0.4 is 18.9 Å². The van der Waals surface area contributed by atoms with E-state index in [1.54, 1.807) is 17.4 Å². The van der Waals surface area contributed by atoms with Crippen molar-refractivity contribution in [2.24, 2.45) is 5.92 Å². The van der Waals surface area contributed by atoms with Crippen LogP contribution in [0.5, 0.6) is 11.5 Å². The third kappa shape index (κ3) is 7.99. The van der Waals surface area contributed by atoms with E-state index in [0.717, 1.165) is 48.8 Å². The summed E-state index contributed by atoms with van der Waals surface area (Å²) < 4.78 is 18.0. The van der Waals surface area contributed by atoms with Gasteiger partial charge in [-0.1, -0.05) is 81.0 Å². The van der Waals surface area contributed by atoms with Gasteiger partial charge in [0, 0.05) is 50.0 Å². The zero-order valence-corrected chi connectivity index (χ0v) is 33.4. The number of allylic oxidation sites excluding steroid dienone is 3. The number of rotatable bonds is 13. The number of hydrogen-bond donors (Lipinski definition) is 0. The summed E-state index contributed by atoms with van der Waals surface area (Å²) in [5.41, 5.74) is 5.33. The lowest BCUT2D eigenvalue weighted by Gasteiger charge is -2.32. The molecular formula is C42H42Br2N3O4S+. The SMILES string of the molecule is Cc1ccc2c(c1)sc(C=CC=C1N(CCOc3ccc(Br)cc3)c3ccc([N+](=O)[O-])cc3C1(C)CC1CCCC1)[n+]2CCOc1ccc(Br)cc1. The summed E-state index contributed by atoms with van der Waals surface area (Å²) in [6.07, 6.45) is 12.4. The van der Waals surface area contributed by atoms with E-state index in [1.165, 1.54) is 41.5 Å². The van der Waals surface area contributed by atoms with E-state index >= 15 is 0 Å². The van der Waals surface area contributed by atoms with Crippen LogP contribution in [0.3, 0.4) is 0 Å². The largest absolute Gasteiger partial charge is 0.492 e. The predicted molar refractivity (Wildman–Crippen MR) is 218 cm³/mol. The summed E-state index contributed by atoms with van der Waals surface area (Å²) in [6.45, 7) is 6.72. The number of halogens is 2. The summed E-state index contributed by atoms with van der Waals surface area (Å²) in [5.74, 6) is 2.22. The van der Waals surface area contributed by atoms with E-state index < -0.39 is 5.41 Å². The van der Waals surface area contributed by atoms with Crippen molar-refractivity contribution in [3.05, 3.63) is 138 Å². The molecule has 0 spiro atoms. The van der Waals surface area contributed by atoms with Crippen LogP contribution in [-0.4, -0.2) is 24.7 Å². The van der Waals surface area contributed by atoms with Crippen LogP contribution in [0.15, 0.2) is 112 Å². The van der Waals surface area contributed by atoms with Gasteiger partial charge in [-0.25, -0.2) is 0 Å². The standard InChI is InChI=1S/C42H42Br2N3O4S/c1-29-10-20-38-39(26-29)52-41(46(38)23-25-51-35-18-13-32(44)14-19-35)9-5-8-40-42(2,28-30-6-3-4-7-30)36-27-33(47(48)49)15-21-37(36)45(40)22-24-50-34-16-11-31(43)12-17-34/h5,8-21,26-27,30H,3-4,6-7,22-25,28H2,1-2H3/q+1. The summed E-state index contributed by atoms with van der Waals surface area (Å²) >= 11 is 8.78. The lowest BCUT2D eigenvalue weighted by Crippen LogP contribution is -2.38. The fourth-order valence-electron chi connectivity index (χ4n) is 7.76. The quantitative estimate of drug-likeness (QED) is 0.0671. The fourth-order valence-corrected chi connectivity index (χ4v) is 9.49. The van der Waals surface area contributed by atoms with Gasteiger partial charge in [0.05, 0.1) is 11.5 Å². The van der Waals surface area contributed by atoms with Crippen LogP contribution in [0.1, 0.15) is 55.2 Å². The number of nitro groups is 1. The molecule has 7 nitrogen and oxygen atoms in total. The Hall–Kier alpha value is -3.99. The monoisotopic (exact) mass is 842 g/mol. The number of aromatic nitrogens is 1. The number of nitro benzene ring substituents is 1. The number of aryl methyl sites for hydroxylation is 1. The van der Waals surface area contributed by atoms with E-state index in [1.807, 2.05) is 60.7 Å². The molecule has 2 heterocycles. The Kier molecular flexibility index (Phi) is 11.2. The van der Waals surface area contributed by atoms with E-state index in [4.69, 9.17) is 9.47 Å². The molecule has 1 fully saturated rings. The van der Waals surface area contributed by atoms with Gasteiger partial charge in [-0.2, -0.15) is 4.57 Å². The van der Waals surface area contributed by atoms with Gasteiger partial charge in [-0.15, -0.1) is 0 Å². The number of nitrogens with zero attached hydrogens (tertiary/aromatic N) is 3. The first kappa shape index (κ1) is 36.4. The highest BCUT2D eigenvalue weighted by molar-refractivity contribution is 9.10. The van der Waals surface area contributed by atoms with Crippen LogP contribution in [0.25, 0.3) is 16.3 Å². The Bertz CT molecular complexity index is 2120. The molecule has 4 aromatic carbocycles. The van der Waals surface area contributed by atoms with Crippen molar-refractivity contribution < 1.29 is 19.0 Å². The number of ether oxygens (including phenoxy) is 2. The molecular weight excluding hydrogens is 802 g/mol. The Morgan fingerprint density at radius 1 is 0.942 bits per heavy atom. The first-order valence-electron chi connectivity index (χ1n) is 17.8. The molecule has 7 rings (SSSR count). The zero-order valence-electron chi connectivity index (χ0n) is 29.4. The maximum absolute atomic E-state index is 12.0. The molecule has 0 amide bonds. The summed E-state index contributed by atoms with van der Waals surface area (Å²) in [5, 5.41) is 13.2. The van der Waals surface area contributed by atoms with Crippen LogP contribution in [0.2, 0.25) is 0 Å². The molecule has 5 aromatic rings. The average Bonchev–Trinajstić information content (AvgIpc) is 3.82. The molecule has 1 saturated carbocycles. The van der Waals surface area contributed by atoms with Gasteiger partial charge in [0.1, 0.15) is 29.4 Å². The van der Waals surface area contributed by atoms with Gasteiger partial charge >= 0.3 is 0 Å². The lowest BCUT2D eigenvalue weighted by molar-refractivity contribution is -0.669. The molecule has 10 heteroatoms. The topological polar surface area (TPSA) is 68.7 Å². The fraction of sp³-hybridized carbons (Fsp3) is 0.310. The van der Waals surface area contributed by atoms with Gasteiger partial charge in [0.25, 0.3) is 10.7 Å². The van der Waals surface area contributed by atoms with Crippen molar-refractivity contribution in [3.8, 4) is 11.5 Å². The molecule has 52 heavy (non-hydrogen) atoms. The smallest absolute Gasteiger partial charge is 0.269 e. The number of benzene rings is 4. The molecule has 1 aliphatic heterocycles. The molecule has 1 aliphatic carbocycles. The van der Waals surface area contributed by atoms with Crippen LogP contribution in [-0.2, 0) is 12.0 Å². The third-order valence-electron chi connectivity index (χ3n) is 10.3. The summed E-state index contributed by atoms with van der Waals surface area (Å²) in [6, 6.07) is 27.8. The molecule has 0 radical (unpaired) electrons. The van der Waals surface area contributed by atoms with Crippen LogP contribution in [0, 0.1) is 23.0 Å². The van der Waals surface area contributed by atoms with Crippen molar-refractivity contribution in [3.63, 3.8) is 0 Å². The summed E-state index contributed by atoms with van der Waals surface area (Å²) in [4.78, 5) is 14.1. The van der Waals surface area contributed by atoms with Crippen molar-refractivity contribution in [1.82, 2.24) is 0 Å². The summed E-state index contributed by atoms with van der Waals surface area (Å²) in [7, 11) is 0. The maximum Gasteiger partial charge on any atom is 0.269 e. The number of anilines is 1. The molecule has 268 valence electrons. The van der Waals surface area contributed by atoms with Gasteiger partial charge in [-0.3, -0.25) is 10.1 Å². The van der Waals surface area contributed by atoms with Gasteiger partial charge < -0.3 is 14.4 Å². The van der Waals surface area contributed by atoms with E-state index in [-0.39, 0.29) is 10.6 Å². The Balaban J connectivity index is 1.23. The predicted octanol–water partition coefficient (Wildman–Crippen LogP) is 11.3. The van der Waals surface area contributed by atoms with Crippen molar-refractivity contribution in [2.75, 3.05) is 24.7 Å². The molecule has 0 N–H and O–H groups in total. The Morgan fingerprint density at radius 3 is 2.29 bits per heavy atom. The van der Waals surface area contributed by atoms with Gasteiger partial charge in [0.15, 0.2) is 6.54 Å². The Morgan fingerprint density at radius 2 is 1.62 bits per heavy atom. The number of hydrogen-bond acceptors (Lipinski definition) is 6. The minimum atomic E-state index is -0.399. The maximum atomic E-state index is 12.0. The van der Waals surface area contributed by atoms with Crippen LogP contribution >= 0.6 is 43.2 Å². The number of thiazole rings is 1. The van der Waals surface area contributed by atoms with E-state index in [0.29, 0.717) is 32.2 Å². The lowest BCUT2D eigenvalue weighted by atomic mass is 9.74. The molecule has 1 atom stereocenters. The second-order valence-corrected chi connectivity index (χ2v) is 16.8. The van der Waals surface area contributed by atoms with Gasteiger partial charge in [-0.05, 0) is 104 Å². The van der Waals surface area contributed by atoms with E-state index in [9.17, 15) is 10.1 Å². The van der Waals surface area contributed by atoms with E-state index in [2.05, 4.69) is 91.6 Å². The molecule has 0 bridgehead atoms. The minimum absolute atomic E-state index is 0.131. The van der Waals surface area contributed by atoms with Crippen molar-refractivity contribution in [2.45, 2.75) is 57.9 Å². The molecule has 1 unspecified atom stereocenters. The first-order valence-corrected chi connectivity index (χ1v) is 20.2. The zero-order chi connectivity index (χ0) is 36.2. The third-order valence-corrected chi connectivity index (χ3v) is 12.4. The Labute approximate surface area is 326 Å². The highest BCUT2D eigenvalue weighted by Crippen LogP contribution is 2.53. The van der Waals surface area contributed by atoms with Crippen molar-refractivity contribution >= 4 is 70.9 Å². The highest BCUT2D eigenvalue weighted by atomic mass is 79.9. The highest BCUT2D eigenvalue weighted by Gasteiger charge is 2.45. The number of non-ortho nitro benzene ring substituents is 1. The molecule has 0 saturated heterocycles. The molecule has 1 aromatic heterocycles. The minimum Gasteiger partial charge on any atom is -0.492 e. The number of fused-ring (bicyclic) bond motifs is 2. The normalized spacial score (nSPS) is 18.2. The second kappa shape index (κ2) is 15.9. The second-order valence-electron chi connectivity index (χ2n) is 13.9. The van der Waals surface area contributed by atoms with Crippen molar-refractivity contribution in [1.29, 1.82) is 0 Å².